The van der Waals surface area contributed by atoms with Gasteiger partial charge in [0.05, 0.1) is 0 Å². The van der Waals surface area contributed by atoms with Crippen molar-refractivity contribution in [2.24, 2.45) is 0 Å². The van der Waals surface area contributed by atoms with Gasteiger partial charge in [-0.05, 0) is 0 Å². The molecular formula is C51H66N7O13P. The van der Waals surface area contributed by atoms with E-state index in [1.54, 1.807) is 18.8 Å². The van der Waals surface area contributed by atoms with Crippen molar-refractivity contribution < 1.29 is 61.7 Å². The molecule has 3 heterocycles. The molecule has 0 spiro atoms. The van der Waals surface area contributed by atoms with Crippen molar-refractivity contribution in [2.45, 2.75) is 110 Å². The molecule has 6 rings (SSSR count). The number of fused-ring (bicyclic) bond motifs is 1. The van der Waals surface area contributed by atoms with Crippen molar-refractivity contribution in [3.63, 3.8) is 0 Å². The van der Waals surface area contributed by atoms with E-state index in [2.05, 4.69) is 26.3 Å². The van der Waals surface area contributed by atoms with E-state index in [0.717, 1.165) is 16.7 Å². The Labute approximate surface area is 420 Å². The van der Waals surface area contributed by atoms with E-state index in [1.807, 2.05) is 111 Å². The molecule has 1 fully saturated rings. The van der Waals surface area contributed by atoms with Gasteiger partial charge in [0.15, 0.2) is 0 Å². The van der Waals surface area contributed by atoms with Gasteiger partial charge < -0.3 is 0 Å². The van der Waals surface area contributed by atoms with E-state index in [9.17, 15) is 24.5 Å². The number of hydrogen-bond acceptors (Lipinski definition) is 18. The molecule has 3 aromatic carbocycles. The predicted octanol–water partition coefficient (Wildman–Crippen LogP) is 6.86. The van der Waals surface area contributed by atoms with E-state index in [4.69, 9.17) is 42.4 Å². The molecule has 1 saturated heterocycles. The van der Waals surface area contributed by atoms with Crippen LogP contribution in [0.4, 0.5) is 5.82 Å². The summed E-state index contributed by atoms with van der Waals surface area (Å²) in [5.41, 5.74) is 1.52. The first-order chi connectivity index (χ1) is 34.5. The average Bonchev–Trinajstić information content (AvgIpc) is 3.93. The Hall–Kier alpha value is -6.14. The van der Waals surface area contributed by atoms with Crippen molar-refractivity contribution in [1.82, 2.24) is 24.2 Å². The zero-order chi connectivity index (χ0) is 52.0. The van der Waals surface area contributed by atoms with Gasteiger partial charge >= 0.3 is 410 Å². The molecule has 0 bridgehead atoms. The number of aromatic nitrogens is 4. The van der Waals surface area contributed by atoms with Gasteiger partial charge in [-0.2, -0.15) is 0 Å². The third-order valence-electron chi connectivity index (χ3n) is 12.0. The molecule has 1 amide bonds. The molecule has 2 N–H and O–H groups in total. The van der Waals surface area contributed by atoms with Gasteiger partial charge in [-0.1, -0.05) is 0 Å². The number of nitrogens with one attached hydrogen (secondary N) is 1. The number of benzene rings is 3. The zero-order valence-electron chi connectivity index (χ0n) is 42.2. The number of methoxy groups -OCH3 is 2. The van der Waals surface area contributed by atoms with E-state index < -0.39 is 56.1 Å². The van der Waals surface area contributed by atoms with Crippen LogP contribution in [0.5, 0.6) is 11.5 Å². The molecule has 21 heteroatoms. The van der Waals surface area contributed by atoms with Crippen LogP contribution >= 0.6 is 7.87 Å². The van der Waals surface area contributed by atoms with Crippen LogP contribution in [0.2, 0.25) is 0 Å². The van der Waals surface area contributed by atoms with Gasteiger partial charge in [0.1, 0.15) is 0 Å². The number of carbonyl (C=O) groups is 3. The number of ether oxygens (including phenoxy) is 8. The van der Waals surface area contributed by atoms with Gasteiger partial charge in [0, 0.05) is 6.92 Å². The van der Waals surface area contributed by atoms with Gasteiger partial charge in [-0.3, -0.25) is 4.79 Å². The number of hydrogen-bond donors (Lipinski definition) is 2. The number of amides is 1. The standard InChI is InChI=1S/C51H66N7O13P/c1-33(2)58(34(3)4)72(62,27-13-25-52)71-46-44(29-68-51(38-14-11-10-12-15-38,39-16-20-41(63-8)21-17-39)40-18-22-42(64-9)23-19-40)70-50(57-31-55-45-48(56-35(5)59)53-30-54-49(45)57)47(46)67-32-65-26-24-43(69-37(7)61)28-66-36(6)60/h10-12,14-23,30-31,33-34,43-44,46-47,50,62,72H,13,24,26-29,32H2,1-9H3,(H,53,54,56,59)/t43?,44-,46-,47-,50-/m1/s1. The van der Waals surface area contributed by atoms with Crippen LogP contribution in [-0.4, -0.2) is 130 Å². The van der Waals surface area contributed by atoms with E-state index in [0.29, 0.717) is 11.5 Å². The first-order valence-electron chi connectivity index (χ1n) is 23.7. The number of anilines is 1. The van der Waals surface area contributed by atoms with Crippen molar-refractivity contribution in [3.05, 3.63) is 108 Å². The average molecular weight is 1020 g/mol. The fourth-order valence-corrected chi connectivity index (χ4v) is 12.3. The van der Waals surface area contributed by atoms with E-state index >= 15 is 0 Å². The van der Waals surface area contributed by atoms with Crippen molar-refractivity contribution >= 4 is 42.7 Å². The Morgan fingerprint density at radius 2 is 1.50 bits per heavy atom. The normalized spacial score (nSPS) is 17.7. The number of rotatable bonds is 26. The van der Waals surface area contributed by atoms with Crippen LogP contribution in [-0.2, 0) is 52.9 Å². The Morgan fingerprint density at radius 3 is 2.06 bits per heavy atom. The molecule has 0 aliphatic carbocycles. The fourth-order valence-electron chi connectivity index (χ4n) is 9.07. The molecule has 388 valence electrons. The van der Waals surface area contributed by atoms with Gasteiger partial charge in [0.2, 0.25) is 0 Å². The van der Waals surface area contributed by atoms with Gasteiger partial charge in [-0.15, -0.1) is 0 Å². The van der Waals surface area contributed by atoms with Crippen molar-refractivity contribution in [1.29, 1.82) is 5.26 Å². The third-order valence-corrected chi connectivity index (χ3v) is 15.4. The van der Waals surface area contributed by atoms with Crippen LogP contribution < -0.4 is 14.8 Å². The molecule has 5 atom stereocenters. The van der Waals surface area contributed by atoms with E-state index in [1.165, 1.54) is 33.4 Å². The van der Waals surface area contributed by atoms with Gasteiger partial charge in [-0.25, -0.2) is 0 Å². The summed E-state index contributed by atoms with van der Waals surface area (Å²) in [5.74, 6) is -0.0103. The van der Waals surface area contributed by atoms with E-state index in [-0.39, 0.29) is 80.6 Å². The molecule has 20 nitrogen and oxygen atoms in total. The molecule has 5 aromatic rings. The van der Waals surface area contributed by atoms with Crippen LogP contribution in [0.15, 0.2) is 91.5 Å². The maximum atomic E-state index is 13.1. The summed E-state index contributed by atoms with van der Waals surface area (Å²) in [6.45, 7) is 11.0. The Kier molecular flexibility index (Phi) is 19.5. The molecule has 2 aromatic heterocycles. The summed E-state index contributed by atoms with van der Waals surface area (Å²) in [5, 5.41) is 12.7. The minimum absolute atomic E-state index is 0.00940. The second kappa shape index (κ2) is 25.5. The second-order valence-electron chi connectivity index (χ2n) is 17.7. The summed E-state index contributed by atoms with van der Waals surface area (Å²) in [7, 11) is -0.929. The molecule has 1 aliphatic heterocycles. The summed E-state index contributed by atoms with van der Waals surface area (Å²) >= 11 is 0. The monoisotopic (exact) mass is 1020 g/mol. The second-order valence-corrected chi connectivity index (χ2v) is 20.4. The molecule has 0 radical (unpaired) electrons. The van der Waals surface area contributed by atoms with Crippen molar-refractivity contribution in [3.8, 4) is 17.6 Å². The summed E-state index contributed by atoms with van der Waals surface area (Å²) in [6, 6.07) is 26.7. The SMILES string of the molecule is COc1ccc(C(OC[C@H]2O[C@@H](n3cnc4c(NC(C)=O)ncnc43)[C@H](OCOCCC(COC(C)=O)OC(C)=O)[C@@H]2O[PH](O)(CCC#N)N(C(C)C)C(C)C)(c2ccccc2)c2ccc(OC)cc2)cc1. The van der Waals surface area contributed by atoms with Crippen LogP contribution in [0, 0.1) is 11.3 Å². The minimum atomic E-state index is -4.12. The first-order valence-corrected chi connectivity index (χ1v) is 25.7. The van der Waals surface area contributed by atoms with Crippen LogP contribution in [0.1, 0.15) is 84.2 Å². The molecule has 72 heavy (non-hydrogen) atoms. The first kappa shape index (κ1) is 55.2. The quantitative estimate of drug-likeness (QED) is 0.0189. The molecule has 1 aliphatic rings. The Morgan fingerprint density at radius 1 is 0.875 bits per heavy atom. The predicted molar refractivity (Wildman–Crippen MR) is 267 cm³/mol. The summed E-state index contributed by atoms with van der Waals surface area (Å²) in [4.78, 5) is 62.3. The Balaban J connectivity index is 1.50. The third kappa shape index (κ3) is 13.3. The molecule has 1 unspecified atom stereocenters. The Bertz CT molecular complexity index is 2540. The number of imidazole rings is 1. The van der Waals surface area contributed by atoms with Crippen molar-refractivity contribution in [2.75, 3.05) is 52.3 Å². The molecular weight excluding hydrogens is 950 g/mol. The molecule has 0 saturated carbocycles. The zero-order valence-corrected chi connectivity index (χ0v) is 43.2. The number of nitrogens with zero attached hydrogens (tertiary/aromatic N) is 6. The number of esters is 2. The fraction of sp³-hybridized carbons (Fsp3) is 0.471. The summed E-state index contributed by atoms with van der Waals surface area (Å²) < 4.78 is 59.7. The maximum absolute atomic E-state index is 13.1. The van der Waals surface area contributed by atoms with Crippen LogP contribution in [0.3, 0.4) is 0 Å². The van der Waals surface area contributed by atoms with Gasteiger partial charge in [0.25, 0.3) is 0 Å². The summed E-state index contributed by atoms with van der Waals surface area (Å²) in [6.07, 6.45) is -2.24. The topological polar surface area (TPSA) is 237 Å². The number of carbonyl (C=O) groups excluding carboxylic acids is 3. The number of nitriles is 1. The van der Waals surface area contributed by atoms with Crippen LogP contribution in [0.25, 0.3) is 11.2 Å².